The van der Waals surface area contributed by atoms with Crippen LogP contribution < -0.4 is 14.2 Å². The molecule has 0 N–H and O–H groups in total. The van der Waals surface area contributed by atoms with Crippen molar-refractivity contribution in [1.29, 1.82) is 0 Å². The minimum absolute atomic E-state index is 0.0307. The van der Waals surface area contributed by atoms with Crippen LogP contribution in [-0.2, 0) is 6.18 Å². The lowest BCUT2D eigenvalue weighted by molar-refractivity contribution is -0.146. The Labute approximate surface area is 132 Å². The van der Waals surface area contributed by atoms with Crippen LogP contribution in [0, 0.1) is 0 Å². The molecule has 7 nitrogen and oxygen atoms in total. The normalized spacial score (nSPS) is 14.0. The van der Waals surface area contributed by atoms with Crippen molar-refractivity contribution in [1.82, 2.24) is 19.8 Å². The molecule has 0 radical (unpaired) electrons. The summed E-state index contributed by atoms with van der Waals surface area (Å²) in [5, 5.41) is 10.3. The summed E-state index contributed by atoms with van der Waals surface area (Å²) in [7, 11) is 0. The Morgan fingerprint density at radius 1 is 1.00 bits per heavy atom. The van der Waals surface area contributed by atoms with E-state index in [1.54, 1.807) is 18.2 Å². The molecule has 3 aromatic rings. The molecule has 1 aliphatic rings. The molecule has 0 spiro atoms. The first kappa shape index (κ1) is 14.5. The molecule has 4 rings (SSSR count). The fraction of sp³-hybridized carbons (Fsp3) is 0.214. The molecule has 2 aromatic heterocycles. The van der Waals surface area contributed by atoms with Gasteiger partial charge in [0.25, 0.3) is 5.82 Å². The van der Waals surface area contributed by atoms with Crippen molar-refractivity contribution in [2.75, 3.05) is 13.2 Å². The minimum Gasteiger partial charge on any atom is -0.486 e. The number of hydrogen-bond donors (Lipinski definition) is 0. The quantitative estimate of drug-likeness (QED) is 0.715. The van der Waals surface area contributed by atoms with E-state index in [4.69, 9.17) is 14.2 Å². The first-order valence-corrected chi connectivity index (χ1v) is 6.88. The molecule has 0 bridgehead atoms. The Morgan fingerprint density at radius 2 is 1.79 bits per heavy atom. The highest BCUT2D eigenvalue weighted by atomic mass is 19.4. The summed E-state index contributed by atoms with van der Waals surface area (Å²) in [5.41, 5.74) is -0.0307. The van der Waals surface area contributed by atoms with Crippen molar-refractivity contribution in [2.45, 2.75) is 6.18 Å². The predicted molar refractivity (Wildman–Crippen MR) is 73.3 cm³/mol. The maximum Gasteiger partial charge on any atom is 0.453 e. The van der Waals surface area contributed by atoms with Gasteiger partial charge >= 0.3 is 6.18 Å². The number of rotatable bonds is 2. The molecular formula is C14H9F3N4O3. The summed E-state index contributed by atoms with van der Waals surface area (Å²) in [6.45, 7) is 0.871. The fourth-order valence-corrected chi connectivity index (χ4v) is 2.21. The third-order valence-corrected chi connectivity index (χ3v) is 3.23. The highest BCUT2D eigenvalue weighted by molar-refractivity contribution is 5.47. The van der Waals surface area contributed by atoms with Gasteiger partial charge in [-0.1, -0.05) is 0 Å². The molecule has 0 saturated carbocycles. The van der Waals surface area contributed by atoms with E-state index in [0.717, 1.165) is 0 Å². The van der Waals surface area contributed by atoms with Gasteiger partial charge in [-0.15, -0.1) is 15.3 Å². The number of aromatic nitrogens is 4. The Bertz CT molecular complexity index is 910. The molecule has 0 fully saturated rings. The standard InChI is InChI=1S/C14H9F3N4O3/c15-14(16,17)13-19-18-11-3-4-12(20-21(11)13)24-8-1-2-9-10(7-8)23-6-5-22-9/h1-4,7H,5-6H2. The molecule has 124 valence electrons. The maximum atomic E-state index is 12.9. The van der Waals surface area contributed by atoms with Gasteiger partial charge in [-0.05, 0) is 18.2 Å². The van der Waals surface area contributed by atoms with Gasteiger partial charge in [0.2, 0.25) is 5.88 Å². The van der Waals surface area contributed by atoms with E-state index in [0.29, 0.717) is 35.0 Å². The molecule has 0 amide bonds. The summed E-state index contributed by atoms with van der Waals surface area (Å²) in [6, 6.07) is 7.58. The first-order valence-electron chi connectivity index (χ1n) is 6.88. The van der Waals surface area contributed by atoms with E-state index in [1.807, 2.05) is 0 Å². The zero-order valence-electron chi connectivity index (χ0n) is 11.9. The third-order valence-electron chi connectivity index (χ3n) is 3.23. The number of alkyl halides is 3. The minimum atomic E-state index is -4.66. The highest BCUT2D eigenvalue weighted by Gasteiger charge is 2.37. The van der Waals surface area contributed by atoms with Gasteiger partial charge in [0.1, 0.15) is 19.0 Å². The number of nitrogens with zero attached hydrogens (tertiary/aromatic N) is 4. The number of fused-ring (bicyclic) bond motifs is 2. The second-order valence-corrected chi connectivity index (χ2v) is 4.87. The average Bonchev–Trinajstić information content (AvgIpc) is 2.98. The second-order valence-electron chi connectivity index (χ2n) is 4.87. The highest BCUT2D eigenvalue weighted by Crippen LogP contribution is 2.35. The molecule has 1 aliphatic heterocycles. The zero-order chi connectivity index (χ0) is 16.7. The van der Waals surface area contributed by atoms with Crippen molar-refractivity contribution in [2.24, 2.45) is 0 Å². The van der Waals surface area contributed by atoms with Crippen molar-refractivity contribution in [3.05, 3.63) is 36.2 Å². The van der Waals surface area contributed by atoms with Gasteiger partial charge in [-0.2, -0.15) is 17.7 Å². The molecular weight excluding hydrogens is 329 g/mol. The summed E-state index contributed by atoms with van der Waals surface area (Å²) in [5.74, 6) is 0.178. The predicted octanol–water partition coefficient (Wildman–Crippen LogP) is 2.71. The van der Waals surface area contributed by atoms with Crippen LogP contribution in [0.2, 0.25) is 0 Å². The van der Waals surface area contributed by atoms with E-state index < -0.39 is 12.0 Å². The van der Waals surface area contributed by atoms with Crippen LogP contribution in [0.1, 0.15) is 5.82 Å². The molecule has 0 aliphatic carbocycles. The SMILES string of the molecule is FC(F)(F)c1nnc2ccc(Oc3ccc4c(c3)OCCO4)nn12. The van der Waals surface area contributed by atoms with Crippen LogP contribution in [0.25, 0.3) is 5.65 Å². The summed E-state index contributed by atoms with van der Waals surface area (Å²) in [4.78, 5) is 0. The lowest BCUT2D eigenvalue weighted by Gasteiger charge is -2.18. The summed E-state index contributed by atoms with van der Waals surface area (Å²) in [6.07, 6.45) is -4.66. The summed E-state index contributed by atoms with van der Waals surface area (Å²) >= 11 is 0. The van der Waals surface area contributed by atoms with E-state index in [9.17, 15) is 13.2 Å². The van der Waals surface area contributed by atoms with Crippen molar-refractivity contribution in [3.8, 4) is 23.1 Å². The monoisotopic (exact) mass is 338 g/mol. The van der Waals surface area contributed by atoms with Gasteiger partial charge < -0.3 is 14.2 Å². The molecule has 24 heavy (non-hydrogen) atoms. The Hall–Kier alpha value is -3.04. The van der Waals surface area contributed by atoms with E-state index in [2.05, 4.69) is 15.3 Å². The third kappa shape index (κ3) is 2.55. The molecule has 0 atom stereocenters. The zero-order valence-corrected chi connectivity index (χ0v) is 11.9. The van der Waals surface area contributed by atoms with Crippen LogP contribution in [0.4, 0.5) is 13.2 Å². The lowest BCUT2D eigenvalue weighted by atomic mass is 10.3. The van der Waals surface area contributed by atoms with Gasteiger partial charge in [-0.3, -0.25) is 0 Å². The summed E-state index contributed by atoms with van der Waals surface area (Å²) < 4.78 is 55.5. The lowest BCUT2D eigenvalue weighted by Crippen LogP contribution is -2.15. The second kappa shape index (κ2) is 5.25. The van der Waals surface area contributed by atoms with E-state index >= 15 is 0 Å². The Morgan fingerprint density at radius 3 is 2.58 bits per heavy atom. The maximum absolute atomic E-state index is 12.9. The van der Waals surface area contributed by atoms with E-state index in [-0.39, 0.29) is 11.5 Å². The smallest absolute Gasteiger partial charge is 0.453 e. The van der Waals surface area contributed by atoms with Crippen molar-refractivity contribution < 1.29 is 27.4 Å². The van der Waals surface area contributed by atoms with Crippen molar-refractivity contribution in [3.63, 3.8) is 0 Å². The number of halogens is 3. The van der Waals surface area contributed by atoms with Crippen molar-refractivity contribution >= 4 is 5.65 Å². The van der Waals surface area contributed by atoms with Gasteiger partial charge in [-0.25, -0.2) is 0 Å². The average molecular weight is 338 g/mol. The van der Waals surface area contributed by atoms with Crippen LogP contribution >= 0.6 is 0 Å². The Balaban J connectivity index is 1.67. The Kier molecular flexibility index (Phi) is 3.18. The van der Waals surface area contributed by atoms with E-state index in [1.165, 1.54) is 12.1 Å². The molecule has 1 aromatic carbocycles. The number of hydrogen-bond acceptors (Lipinski definition) is 6. The molecule has 0 saturated heterocycles. The van der Waals surface area contributed by atoms with Crippen LogP contribution in [0.15, 0.2) is 30.3 Å². The first-order chi connectivity index (χ1) is 11.5. The fourth-order valence-electron chi connectivity index (χ4n) is 2.21. The van der Waals surface area contributed by atoms with Crippen LogP contribution in [0.3, 0.4) is 0 Å². The topological polar surface area (TPSA) is 70.8 Å². The molecule has 0 unspecified atom stereocenters. The molecule has 10 heteroatoms. The number of benzene rings is 1. The molecule has 3 heterocycles. The van der Waals surface area contributed by atoms with Gasteiger partial charge in [0, 0.05) is 12.1 Å². The van der Waals surface area contributed by atoms with Gasteiger partial charge in [0.15, 0.2) is 17.1 Å². The van der Waals surface area contributed by atoms with Gasteiger partial charge in [0.05, 0.1) is 0 Å². The number of ether oxygens (including phenoxy) is 3. The van der Waals surface area contributed by atoms with Crippen LogP contribution in [-0.4, -0.2) is 33.0 Å². The largest absolute Gasteiger partial charge is 0.486 e. The van der Waals surface area contributed by atoms with Crippen LogP contribution in [0.5, 0.6) is 23.1 Å².